The van der Waals surface area contributed by atoms with E-state index in [0.29, 0.717) is 25.3 Å². The number of fused-ring (bicyclic) bond motifs is 1. The molecular weight excluding hydrogens is 473 g/mol. The van der Waals surface area contributed by atoms with Gasteiger partial charge in [-0.05, 0) is 37.1 Å². The number of piperazine rings is 1. The lowest BCUT2D eigenvalue weighted by molar-refractivity contribution is -0.137. The fraction of sp³-hybridized carbons (Fsp3) is 0.360. The molecule has 0 unspecified atom stereocenters. The summed E-state index contributed by atoms with van der Waals surface area (Å²) in [5.74, 6) is -0.299. The highest BCUT2D eigenvalue weighted by Gasteiger charge is 2.35. The van der Waals surface area contributed by atoms with E-state index in [9.17, 15) is 18.0 Å². The summed E-state index contributed by atoms with van der Waals surface area (Å²) in [6.45, 7) is 6.43. The van der Waals surface area contributed by atoms with Crippen LogP contribution in [0.5, 0.6) is 0 Å². The predicted molar refractivity (Wildman–Crippen MR) is 122 cm³/mol. The van der Waals surface area contributed by atoms with E-state index in [1.54, 1.807) is 12.4 Å². The Morgan fingerprint density at radius 3 is 2.83 bits per heavy atom. The fourth-order valence-electron chi connectivity index (χ4n) is 4.95. The summed E-state index contributed by atoms with van der Waals surface area (Å²) in [4.78, 5) is 18.1. The number of esters is 1. The number of benzene rings is 1. The van der Waals surface area contributed by atoms with E-state index in [2.05, 4.69) is 27.2 Å². The van der Waals surface area contributed by atoms with Gasteiger partial charge in [-0.15, -0.1) is 0 Å². The number of pyridine rings is 1. The van der Waals surface area contributed by atoms with Gasteiger partial charge in [-0.25, -0.2) is 14.5 Å². The lowest BCUT2D eigenvalue weighted by atomic mass is 9.92. The second-order valence-electron chi connectivity index (χ2n) is 9.19. The summed E-state index contributed by atoms with van der Waals surface area (Å²) in [5.41, 5.74) is 2.96. The van der Waals surface area contributed by atoms with Gasteiger partial charge in [0.1, 0.15) is 12.7 Å². The van der Waals surface area contributed by atoms with Crippen molar-refractivity contribution in [2.24, 2.45) is 0 Å². The molecule has 1 N–H and O–H groups in total. The van der Waals surface area contributed by atoms with Crippen LogP contribution in [0.25, 0.3) is 5.82 Å². The lowest BCUT2D eigenvalue weighted by Crippen LogP contribution is -2.50. The number of rotatable bonds is 4. The van der Waals surface area contributed by atoms with Crippen molar-refractivity contribution in [1.29, 1.82) is 5.26 Å². The van der Waals surface area contributed by atoms with Gasteiger partial charge < -0.3 is 10.1 Å². The van der Waals surface area contributed by atoms with Gasteiger partial charge in [-0.2, -0.15) is 23.5 Å². The Labute approximate surface area is 205 Å². The van der Waals surface area contributed by atoms with Crippen molar-refractivity contribution in [3.05, 3.63) is 75.7 Å². The number of alkyl halides is 3. The van der Waals surface area contributed by atoms with Crippen LogP contribution in [0.15, 0.2) is 36.8 Å². The number of carbonyl (C=O) groups is 1. The quantitative estimate of drug-likeness (QED) is 0.551. The summed E-state index contributed by atoms with van der Waals surface area (Å²) in [5, 5.41) is 16.8. The molecule has 5 rings (SSSR count). The first-order valence-electron chi connectivity index (χ1n) is 11.4. The van der Waals surface area contributed by atoms with Crippen LogP contribution in [0, 0.1) is 18.3 Å². The number of carbonyl (C=O) groups excluding carboxylic acids is 1. The van der Waals surface area contributed by atoms with E-state index >= 15 is 0 Å². The molecule has 1 aromatic carbocycles. The fourth-order valence-corrected chi connectivity index (χ4v) is 4.95. The molecule has 11 heteroatoms. The largest absolute Gasteiger partial charge is 0.457 e. The van der Waals surface area contributed by atoms with Crippen molar-refractivity contribution in [2.75, 3.05) is 13.1 Å². The number of nitrogens with zero attached hydrogens (tertiary/aromatic N) is 5. The molecule has 1 saturated heterocycles. The SMILES string of the molecule is Cc1c([C@@H]2CN(Cc3cnn(-c4cc(C(F)(F)F)c(C#N)cn4)c3)C[C@H](C)N2)ccc2c1COC2=O. The summed E-state index contributed by atoms with van der Waals surface area (Å²) >= 11 is 0. The Balaban J connectivity index is 1.34. The number of ether oxygens (including phenoxy) is 1. The molecule has 0 aliphatic carbocycles. The van der Waals surface area contributed by atoms with E-state index in [-0.39, 0.29) is 23.9 Å². The summed E-state index contributed by atoms with van der Waals surface area (Å²) in [6.07, 6.45) is -0.488. The number of halogens is 3. The zero-order valence-corrected chi connectivity index (χ0v) is 19.6. The van der Waals surface area contributed by atoms with Gasteiger partial charge >= 0.3 is 12.1 Å². The molecule has 0 radical (unpaired) electrons. The number of nitriles is 1. The minimum Gasteiger partial charge on any atom is -0.457 e. The minimum absolute atomic E-state index is 0.00957. The van der Waals surface area contributed by atoms with E-state index < -0.39 is 17.3 Å². The standard InChI is InChI=1S/C25H23F3N6O2/c1-14-9-33(12-22(32-14)18-3-4-19-20(15(18)2)13-36-24(19)35)10-16-7-31-34(11-16)23-5-21(25(26,27)28)17(6-29)8-30-23/h3-5,7-8,11,14,22,32H,9-10,12-13H2,1-2H3/t14-,22-/m0/s1. The smallest absolute Gasteiger partial charge is 0.417 e. The molecular formula is C25H23F3N6O2. The van der Waals surface area contributed by atoms with Crippen molar-refractivity contribution in [3.63, 3.8) is 0 Å². The molecule has 8 nitrogen and oxygen atoms in total. The molecule has 36 heavy (non-hydrogen) atoms. The van der Waals surface area contributed by atoms with Crippen molar-refractivity contribution in [2.45, 2.75) is 45.3 Å². The highest BCUT2D eigenvalue weighted by molar-refractivity contribution is 5.94. The van der Waals surface area contributed by atoms with Crippen LogP contribution in [0.3, 0.4) is 0 Å². The minimum atomic E-state index is -4.67. The Hall–Kier alpha value is -3.75. The Kier molecular flexibility index (Phi) is 6.02. The third kappa shape index (κ3) is 4.45. The first-order valence-corrected chi connectivity index (χ1v) is 11.4. The van der Waals surface area contributed by atoms with Gasteiger partial charge in [0.2, 0.25) is 0 Å². The Morgan fingerprint density at radius 2 is 2.08 bits per heavy atom. The number of aromatic nitrogens is 3. The maximum atomic E-state index is 13.3. The first-order chi connectivity index (χ1) is 17.1. The molecule has 0 bridgehead atoms. The van der Waals surface area contributed by atoms with Gasteiger partial charge in [0, 0.05) is 55.2 Å². The molecule has 2 atom stereocenters. The third-order valence-electron chi connectivity index (χ3n) is 6.63. The van der Waals surface area contributed by atoms with Gasteiger partial charge in [-0.1, -0.05) is 6.07 Å². The monoisotopic (exact) mass is 496 g/mol. The summed E-state index contributed by atoms with van der Waals surface area (Å²) in [7, 11) is 0. The highest BCUT2D eigenvalue weighted by atomic mass is 19.4. The topological polar surface area (TPSA) is 96.1 Å². The molecule has 2 aliphatic rings. The average molecular weight is 496 g/mol. The molecule has 0 saturated carbocycles. The number of hydrogen-bond acceptors (Lipinski definition) is 7. The highest BCUT2D eigenvalue weighted by Crippen LogP contribution is 2.33. The summed E-state index contributed by atoms with van der Waals surface area (Å²) in [6, 6.07) is 6.40. The predicted octanol–water partition coefficient (Wildman–Crippen LogP) is 3.67. The molecule has 186 valence electrons. The van der Waals surface area contributed by atoms with Crippen LogP contribution in [0.1, 0.15) is 56.7 Å². The van der Waals surface area contributed by atoms with Crippen LogP contribution >= 0.6 is 0 Å². The van der Waals surface area contributed by atoms with Crippen LogP contribution in [0.4, 0.5) is 13.2 Å². The molecule has 3 aromatic rings. The second kappa shape index (κ2) is 9.04. The van der Waals surface area contributed by atoms with Crippen LogP contribution in [-0.2, 0) is 24.1 Å². The van der Waals surface area contributed by atoms with Crippen LogP contribution in [-0.4, -0.2) is 44.8 Å². The third-order valence-corrected chi connectivity index (χ3v) is 6.63. The van der Waals surface area contributed by atoms with Crippen molar-refractivity contribution in [1.82, 2.24) is 25.0 Å². The number of cyclic esters (lactones) is 1. The van der Waals surface area contributed by atoms with Crippen LogP contribution in [0.2, 0.25) is 0 Å². The second-order valence-corrected chi connectivity index (χ2v) is 9.19. The van der Waals surface area contributed by atoms with Crippen LogP contribution < -0.4 is 5.32 Å². The normalized spacial score (nSPS) is 20.2. The lowest BCUT2D eigenvalue weighted by Gasteiger charge is -2.38. The van der Waals surface area contributed by atoms with Gasteiger partial charge in [0.25, 0.3) is 0 Å². The molecule has 0 amide bonds. The van der Waals surface area contributed by atoms with E-state index in [1.807, 2.05) is 19.1 Å². The zero-order chi connectivity index (χ0) is 25.6. The Morgan fingerprint density at radius 1 is 1.28 bits per heavy atom. The number of nitrogens with one attached hydrogen (secondary N) is 1. The van der Waals surface area contributed by atoms with Crippen molar-refractivity contribution < 1.29 is 22.7 Å². The van der Waals surface area contributed by atoms with Crippen molar-refractivity contribution >= 4 is 5.97 Å². The molecule has 2 aliphatic heterocycles. The maximum Gasteiger partial charge on any atom is 0.417 e. The van der Waals surface area contributed by atoms with E-state index in [4.69, 9.17) is 10.00 Å². The molecule has 1 fully saturated rings. The van der Waals surface area contributed by atoms with Gasteiger partial charge in [0.15, 0.2) is 5.82 Å². The Bertz CT molecular complexity index is 1380. The van der Waals surface area contributed by atoms with E-state index in [0.717, 1.165) is 41.1 Å². The molecule has 0 spiro atoms. The maximum absolute atomic E-state index is 13.3. The summed E-state index contributed by atoms with van der Waals surface area (Å²) < 4.78 is 46.5. The zero-order valence-electron chi connectivity index (χ0n) is 19.6. The van der Waals surface area contributed by atoms with Gasteiger partial charge in [-0.3, -0.25) is 4.90 Å². The first kappa shape index (κ1) is 24.0. The van der Waals surface area contributed by atoms with Crippen molar-refractivity contribution in [3.8, 4) is 11.9 Å². The van der Waals surface area contributed by atoms with E-state index in [1.165, 1.54) is 10.8 Å². The molecule has 2 aromatic heterocycles. The average Bonchev–Trinajstić information content (AvgIpc) is 3.45. The molecule has 4 heterocycles. The van der Waals surface area contributed by atoms with Gasteiger partial charge in [0.05, 0.1) is 22.9 Å². The number of hydrogen-bond donors (Lipinski definition) is 1.